The predicted octanol–water partition coefficient (Wildman–Crippen LogP) is 2.02. The van der Waals surface area contributed by atoms with Crippen molar-refractivity contribution in [2.45, 2.75) is 19.8 Å². The summed E-state index contributed by atoms with van der Waals surface area (Å²) >= 11 is 0. The van der Waals surface area contributed by atoms with Crippen molar-refractivity contribution < 1.29 is 4.52 Å². The van der Waals surface area contributed by atoms with Crippen LogP contribution in [0.1, 0.15) is 25.5 Å². The number of nitrogens with two attached hydrogens (primary N) is 1. The van der Waals surface area contributed by atoms with Crippen LogP contribution in [0, 0.1) is 0 Å². The maximum atomic E-state index is 5.68. The lowest BCUT2D eigenvalue weighted by atomic mass is 10.0. The van der Waals surface area contributed by atoms with Crippen LogP contribution in [0.2, 0.25) is 0 Å². The second-order valence-electron chi connectivity index (χ2n) is 4.69. The van der Waals surface area contributed by atoms with Gasteiger partial charge in [-0.2, -0.15) is 10.1 Å². The molecule has 3 aromatic rings. The van der Waals surface area contributed by atoms with Gasteiger partial charge in [0.2, 0.25) is 0 Å². The molecule has 3 heterocycles. The lowest BCUT2D eigenvalue weighted by Gasteiger charge is -2.02. The zero-order chi connectivity index (χ0) is 14.1. The molecular formula is C13H14N6O. The second-order valence-corrected chi connectivity index (χ2v) is 4.69. The zero-order valence-electron chi connectivity index (χ0n) is 11.2. The molecule has 7 heteroatoms. The Bertz CT molecular complexity index is 716. The molecule has 0 saturated carbocycles. The Hall–Kier alpha value is -2.70. The smallest absolute Gasteiger partial charge is 0.252 e. The highest BCUT2D eigenvalue weighted by Crippen LogP contribution is 2.27. The van der Waals surface area contributed by atoms with E-state index in [4.69, 9.17) is 10.3 Å². The number of hydrogen-bond acceptors (Lipinski definition) is 6. The van der Waals surface area contributed by atoms with Gasteiger partial charge in [-0.15, -0.1) is 0 Å². The summed E-state index contributed by atoms with van der Waals surface area (Å²) in [5.74, 6) is 1.07. The van der Waals surface area contributed by atoms with Gasteiger partial charge in [-0.05, 0) is 12.0 Å². The molecule has 0 spiro atoms. The minimum Gasteiger partial charge on any atom is -0.384 e. The molecule has 0 fully saturated rings. The van der Waals surface area contributed by atoms with E-state index >= 15 is 0 Å². The summed E-state index contributed by atoms with van der Waals surface area (Å²) in [5, 5.41) is 8.49. The van der Waals surface area contributed by atoms with Gasteiger partial charge in [-0.25, -0.2) is 9.67 Å². The highest BCUT2D eigenvalue weighted by atomic mass is 16.5. The fraction of sp³-hybridized carbons (Fsp3) is 0.231. The highest BCUT2D eigenvalue weighted by Gasteiger charge is 2.17. The van der Waals surface area contributed by atoms with E-state index in [0.29, 0.717) is 11.8 Å². The monoisotopic (exact) mass is 270 g/mol. The lowest BCUT2D eigenvalue weighted by Crippen LogP contribution is -2.04. The maximum Gasteiger partial charge on any atom is 0.252 e. The first kappa shape index (κ1) is 12.3. The van der Waals surface area contributed by atoms with Gasteiger partial charge in [0, 0.05) is 24.0 Å². The molecule has 0 aliphatic rings. The number of rotatable bonds is 3. The fourth-order valence-corrected chi connectivity index (χ4v) is 1.94. The van der Waals surface area contributed by atoms with Gasteiger partial charge in [-0.1, -0.05) is 19.0 Å². The first-order valence-corrected chi connectivity index (χ1v) is 6.24. The van der Waals surface area contributed by atoms with Crippen molar-refractivity contribution in [1.82, 2.24) is 24.9 Å². The summed E-state index contributed by atoms with van der Waals surface area (Å²) in [4.78, 5) is 8.33. The van der Waals surface area contributed by atoms with E-state index in [0.717, 1.165) is 17.0 Å². The molecule has 3 rings (SSSR count). The molecule has 0 atom stereocenters. The standard InChI is InChI=1S/C13H14N6O/c1-8(2)12-9(10-4-6-20-18-10)7-19(17-12)13-15-5-3-11(14)16-13/h3-8H,1-2H3,(H2,14,15,16). The number of nitrogen functional groups attached to an aromatic ring is 1. The van der Waals surface area contributed by atoms with Crippen LogP contribution in [0.4, 0.5) is 5.82 Å². The molecule has 3 aromatic heterocycles. The van der Waals surface area contributed by atoms with E-state index < -0.39 is 0 Å². The first-order valence-electron chi connectivity index (χ1n) is 6.24. The molecular weight excluding hydrogens is 256 g/mol. The Morgan fingerprint density at radius 2 is 2.15 bits per heavy atom. The average Bonchev–Trinajstić information content (AvgIpc) is 3.08. The number of nitrogens with zero attached hydrogens (tertiary/aromatic N) is 5. The van der Waals surface area contributed by atoms with Crippen LogP contribution in [0.5, 0.6) is 0 Å². The van der Waals surface area contributed by atoms with Crippen LogP contribution in [-0.2, 0) is 0 Å². The van der Waals surface area contributed by atoms with Crippen LogP contribution in [0.25, 0.3) is 17.2 Å². The van der Waals surface area contributed by atoms with Crippen molar-refractivity contribution in [2.24, 2.45) is 0 Å². The summed E-state index contributed by atoms with van der Waals surface area (Å²) < 4.78 is 6.51. The Kier molecular flexibility index (Phi) is 2.94. The maximum absolute atomic E-state index is 5.68. The van der Waals surface area contributed by atoms with E-state index in [1.807, 2.05) is 6.20 Å². The molecule has 0 bridgehead atoms. The molecule has 7 nitrogen and oxygen atoms in total. The topological polar surface area (TPSA) is 95.7 Å². The van der Waals surface area contributed by atoms with Crippen molar-refractivity contribution in [2.75, 3.05) is 5.73 Å². The Morgan fingerprint density at radius 1 is 1.30 bits per heavy atom. The third-order valence-electron chi connectivity index (χ3n) is 2.87. The molecule has 0 amide bonds. The van der Waals surface area contributed by atoms with Crippen molar-refractivity contribution >= 4 is 5.82 Å². The van der Waals surface area contributed by atoms with Crippen LogP contribution >= 0.6 is 0 Å². The third-order valence-corrected chi connectivity index (χ3v) is 2.87. The van der Waals surface area contributed by atoms with E-state index in [9.17, 15) is 0 Å². The van der Waals surface area contributed by atoms with Crippen molar-refractivity contribution in [3.63, 3.8) is 0 Å². The Balaban J connectivity index is 2.13. The van der Waals surface area contributed by atoms with Gasteiger partial charge < -0.3 is 10.3 Å². The normalized spacial score (nSPS) is 11.2. The molecule has 102 valence electrons. The van der Waals surface area contributed by atoms with Crippen LogP contribution in [-0.4, -0.2) is 24.9 Å². The molecule has 0 saturated heterocycles. The summed E-state index contributed by atoms with van der Waals surface area (Å²) in [5.41, 5.74) is 8.23. The van der Waals surface area contributed by atoms with E-state index in [2.05, 4.69) is 34.1 Å². The van der Waals surface area contributed by atoms with Gasteiger partial charge in [0.15, 0.2) is 0 Å². The van der Waals surface area contributed by atoms with E-state index in [-0.39, 0.29) is 5.92 Å². The molecule has 0 aromatic carbocycles. The summed E-state index contributed by atoms with van der Waals surface area (Å²) in [7, 11) is 0. The zero-order valence-corrected chi connectivity index (χ0v) is 11.2. The predicted molar refractivity (Wildman–Crippen MR) is 73.2 cm³/mol. The molecule has 0 aliphatic carbocycles. The van der Waals surface area contributed by atoms with Crippen molar-refractivity contribution in [3.05, 3.63) is 36.5 Å². The largest absolute Gasteiger partial charge is 0.384 e. The van der Waals surface area contributed by atoms with Gasteiger partial charge >= 0.3 is 0 Å². The fourth-order valence-electron chi connectivity index (χ4n) is 1.94. The van der Waals surface area contributed by atoms with Crippen LogP contribution in [0.15, 0.2) is 35.3 Å². The van der Waals surface area contributed by atoms with Crippen molar-refractivity contribution in [3.8, 4) is 17.2 Å². The SMILES string of the molecule is CC(C)c1nn(-c2nccc(N)n2)cc1-c1ccon1. The van der Waals surface area contributed by atoms with Gasteiger partial charge in [0.25, 0.3) is 5.95 Å². The van der Waals surface area contributed by atoms with E-state index in [1.165, 1.54) is 6.26 Å². The summed E-state index contributed by atoms with van der Waals surface area (Å²) in [6.45, 7) is 4.13. The molecule has 0 aliphatic heterocycles. The number of aromatic nitrogens is 5. The summed E-state index contributed by atoms with van der Waals surface area (Å²) in [6, 6.07) is 3.43. The highest BCUT2D eigenvalue weighted by molar-refractivity contribution is 5.61. The molecule has 0 radical (unpaired) electrons. The Labute approximate surface area is 115 Å². The van der Waals surface area contributed by atoms with Gasteiger partial charge in [0.1, 0.15) is 17.8 Å². The first-order chi connectivity index (χ1) is 9.65. The second kappa shape index (κ2) is 4.76. The third kappa shape index (κ3) is 2.13. The van der Waals surface area contributed by atoms with Crippen molar-refractivity contribution in [1.29, 1.82) is 0 Å². The van der Waals surface area contributed by atoms with Gasteiger partial charge in [0.05, 0.1) is 5.69 Å². The number of anilines is 1. The lowest BCUT2D eigenvalue weighted by molar-refractivity contribution is 0.422. The number of hydrogen-bond donors (Lipinski definition) is 1. The van der Waals surface area contributed by atoms with Gasteiger partial charge in [-0.3, -0.25) is 0 Å². The molecule has 0 unspecified atom stereocenters. The molecule has 2 N–H and O–H groups in total. The Morgan fingerprint density at radius 3 is 2.80 bits per heavy atom. The quantitative estimate of drug-likeness (QED) is 0.782. The van der Waals surface area contributed by atoms with E-state index in [1.54, 1.807) is 23.0 Å². The van der Waals surface area contributed by atoms with Crippen LogP contribution in [0.3, 0.4) is 0 Å². The summed E-state index contributed by atoms with van der Waals surface area (Å²) in [6.07, 6.45) is 4.97. The minimum absolute atomic E-state index is 0.240. The van der Waals surface area contributed by atoms with Crippen LogP contribution < -0.4 is 5.73 Å². The average molecular weight is 270 g/mol. The molecule has 20 heavy (non-hydrogen) atoms. The minimum atomic E-state index is 0.240.